The maximum Gasteiger partial charge on any atom is 0.130 e. The molecule has 0 amide bonds. The van der Waals surface area contributed by atoms with Crippen molar-refractivity contribution >= 4 is 101 Å². The Hall–Kier alpha value is -9.02. The predicted molar refractivity (Wildman–Crippen MR) is 322 cm³/mol. The molecule has 13 heteroatoms. The molecular weight excluding hydrogens is 1070 g/mol. The van der Waals surface area contributed by atoms with Gasteiger partial charge in [-0.15, -0.1) is 34.0 Å². The van der Waals surface area contributed by atoms with Crippen LogP contribution < -0.4 is 0 Å². The first-order valence-corrected chi connectivity index (χ1v) is 29.2. The van der Waals surface area contributed by atoms with E-state index in [1.165, 1.54) is 97.0 Å². The van der Waals surface area contributed by atoms with E-state index in [0.29, 0.717) is 22.2 Å². The Kier molecular flexibility index (Phi) is 11.2. The highest BCUT2D eigenvalue weighted by Gasteiger charge is 2.54. The molecule has 0 bridgehead atoms. The summed E-state index contributed by atoms with van der Waals surface area (Å²) in [6.45, 7) is 8.58. The molecule has 0 spiro atoms. The Morgan fingerprint density at radius 2 is 0.810 bits per heavy atom. The van der Waals surface area contributed by atoms with E-state index in [9.17, 15) is 21.0 Å². The topological polar surface area (TPSA) is 147 Å². The highest BCUT2D eigenvalue weighted by atomic mass is 32.1. The molecule has 7 aromatic carbocycles. The molecule has 0 unspecified atom stereocenters. The van der Waals surface area contributed by atoms with Gasteiger partial charge >= 0.3 is 0 Å². The van der Waals surface area contributed by atoms with E-state index in [-0.39, 0.29) is 11.1 Å². The van der Waals surface area contributed by atoms with E-state index < -0.39 is 10.8 Å². The van der Waals surface area contributed by atoms with Crippen LogP contribution >= 0.6 is 57.5 Å². The molecular formula is C66H38N8S5. The number of fused-ring (bicyclic) bond motifs is 10. The second-order valence-electron chi connectivity index (χ2n) is 20.3. The summed E-state index contributed by atoms with van der Waals surface area (Å²) >= 11 is 7.67. The van der Waals surface area contributed by atoms with Gasteiger partial charge in [0.05, 0.1) is 39.0 Å². The molecule has 0 aliphatic heterocycles. The molecule has 14 rings (SSSR count). The zero-order valence-corrected chi connectivity index (χ0v) is 46.7. The SMILES string of the molecule is Cc1ccc(C2(c3ccc(C)cc3)c3cc4c(cc3-c3sc(-c5ccc(C=C(C#N)C#N)c6nsnc56)cc32)C(c2ccc(C)cc2)(c2ccc(C)cc2)c2c-4sc3cc(-c4ccc(C=C(C#N)C#N)c5nsnc45)sc23)cc1. The molecule has 5 aromatic heterocycles. The molecule has 0 saturated carbocycles. The van der Waals surface area contributed by atoms with Crippen molar-refractivity contribution in [1.29, 1.82) is 21.0 Å². The summed E-state index contributed by atoms with van der Waals surface area (Å²) in [6, 6.07) is 62.2. The average molecular weight is 1100 g/mol. The maximum atomic E-state index is 9.70. The van der Waals surface area contributed by atoms with Gasteiger partial charge in [0.25, 0.3) is 0 Å². The monoisotopic (exact) mass is 1100 g/mol. The summed E-state index contributed by atoms with van der Waals surface area (Å²) in [5.41, 5.74) is 21.3. The molecule has 5 heterocycles. The number of nitriles is 4. The normalized spacial score (nSPS) is 13.2. The Balaban J connectivity index is 1.08. The minimum absolute atomic E-state index is 0.00650. The fraction of sp³-hybridized carbons (Fsp3) is 0.0909. The van der Waals surface area contributed by atoms with Gasteiger partial charge in [0.15, 0.2) is 0 Å². The zero-order valence-electron chi connectivity index (χ0n) is 42.6. The lowest BCUT2D eigenvalue weighted by atomic mass is 9.65. The average Bonchev–Trinajstić information content (AvgIpc) is 2.31. The van der Waals surface area contributed by atoms with Crippen LogP contribution in [0, 0.1) is 73.0 Å². The van der Waals surface area contributed by atoms with Crippen LogP contribution in [0.5, 0.6) is 0 Å². The fourth-order valence-corrected chi connectivity index (χ4v) is 17.3. The minimum atomic E-state index is -0.745. The smallest absolute Gasteiger partial charge is 0.130 e. The zero-order chi connectivity index (χ0) is 53.9. The van der Waals surface area contributed by atoms with Gasteiger partial charge in [-0.25, -0.2) is 0 Å². The lowest BCUT2D eigenvalue weighted by Crippen LogP contribution is -2.30. The van der Waals surface area contributed by atoms with Gasteiger partial charge < -0.3 is 0 Å². The largest absolute Gasteiger partial charge is 0.192 e. The van der Waals surface area contributed by atoms with Crippen molar-refractivity contribution in [3.05, 3.63) is 235 Å². The second kappa shape index (κ2) is 18.3. The Labute approximate surface area is 475 Å². The van der Waals surface area contributed by atoms with Gasteiger partial charge in [-0.2, -0.15) is 38.5 Å². The van der Waals surface area contributed by atoms with Crippen LogP contribution in [0.25, 0.3) is 85.4 Å². The molecule has 12 aromatic rings. The number of nitrogens with zero attached hydrogens (tertiary/aromatic N) is 8. The van der Waals surface area contributed by atoms with Crippen LogP contribution in [0.1, 0.15) is 77.9 Å². The van der Waals surface area contributed by atoms with Crippen molar-refractivity contribution in [2.24, 2.45) is 0 Å². The second-order valence-corrected chi connectivity index (χ2v) is 24.5. The van der Waals surface area contributed by atoms with Crippen LogP contribution in [0.15, 0.2) is 157 Å². The number of thiophene rings is 3. The number of hydrogen-bond donors (Lipinski definition) is 0. The third-order valence-electron chi connectivity index (χ3n) is 15.8. The van der Waals surface area contributed by atoms with Gasteiger partial charge in [0.2, 0.25) is 0 Å². The lowest BCUT2D eigenvalue weighted by molar-refractivity contribution is 0.762. The number of benzene rings is 7. The summed E-state index contributed by atoms with van der Waals surface area (Å²) in [6.07, 6.45) is 3.18. The highest BCUT2D eigenvalue weighted by molar-refractivity contribution is 7.31. The van der Waals surface area contributed by atoms with Crippen LogP contribution in [0.3, 0.4) is 0 Å². The first-order valence-electron chi connectivity index (χ1n) is 25.3. The highest BCUT2D eigenvalue weighted by Crippen LogP contribution is 2.67. The number of rotatable bonds is 8. The molecule has 79 heavy (non-hydrogen) atoms. The van der Waals surface area contributed by atoms with Gasteiger partial charge in [-0.1, -0.05) is 144 Å². The van der Waals surface area contributed by atoms with Crippen molar-refractivity contribution in [3.8, 4) is 66.0 Å². The van der Waals surface area contributed by atoms with Crippen molar-refractivity contribution in [2.75, 3.05) is 0 Å². The molecule has 0 saturated heterocycles. The minimum Gasteiger partial charge on any atom is -0.192 e. The summed E-state index contributed by atoms with van der Waals surface area (Å²) in [5.74, 6) is 0. The molecule has 8 nitrogen and oxygen atoms in total. The van der Waals surface area contributed by atoms with E-state index in [1.807, 2.05) is 53.8 Å². The summed E-state index contributed by atoms with van der Waals surface area (Å²) in [5, 5.41) is 38.7. The van der Waals surface area contributed by atoms with Crippen molar-refractivity contribution < 1.29 is 0 Å². The Morgan fingerprint density at radius 3 is 1.27 bits per heavy atom. The van der Waals surface area contributed by atoms with E-state index in [2.05, 4.69) is 159 Å². The summed E-state index contributed by atoms with van der Waals surface area (Å²) in [7, 11) is 0. The molecule has 0 radical (unpaired) electrons. The molecule has 2 aliphatic rings. The molecule has 0 fully saturated rings. The van der Waals surface area contributed by atoms with Gasteiger partial charge in [-0.05, 0) is 114 Å². The fourth-order valence-electron chi connectivity index (χ4n) is 12.1. The number of allylic oxidation sites excluding steroid dienone is 2. The standard InChI is InChI=1S/C66H38N8S5/c1-35-5-15-43(16-6-35)65(44-17-7-36(2)8-18-44)51-28-50-52(27-49(51)62-53(65)29-54(75-62)47-23-13-41(25-39(31-67)32-68)58-60(47)73-78-71-58)66(45-19-9-37(3)10-20-45,46-21-11-38(4)12-22-46)57-63(50)77-56-30-55(76-64(56)57)48-24-14-42(26-40(33-69)34-70)59-61(48)74-79-72-59/h5-30H,1-4H3. The molecule has 0 N–H and O–H groups in total. The quantitative estimate of drug-likeness (QED) is 0.137. The van der Waals surface area contributed by atoms with E-state index >= 15 is 0 Å². The summed E-state index contributed by atoms with van der Waals surface area (Å²) in [4.78, 5) is 4.54. The predicted octanol–water partition coefficient (Wildman–Crippen LogP) is 17.2. The molecule has 0 atom stereocenters. The summed E-state index contributed by atoms with van der Waals surface area (Å²) < 4.78 is 21.5. The van der Waals surface area contributed by atoms with Crippen LogP contribution in [-0.2, 0) is 10.8 Å². The van der Waals surface area contributed by atoms with Crippen LogP contribution in [-0.4, -0.2) is 17.5 Å². The van der Waals surface area contributed by atoms with Crippen LogP contribution in [0.4, 0.5) is 0 Å². The molecule has 2 aliphatic carbocycles. The first kappa shape index (κ1) is 48.4. The number of hydrogen-bond acceptors (Lipinski definition) is 13. The van der Waals surface area contributed by atoms with Gasteiger partial charge in [-0.3, -0.25) is 0 Å². The van der Waals surface area contributed by atoms with Crippen molar-refractivity contribution in [2.45, 2.75) is 38.5 Å². The lowest BCUT2D eigenvalue weighted by Gasteiger charge is -2.35. The molecule has 372 valence electrons. The Morgan fingerprint density at radius 1 is 0.405 bits per heavy atom. The van der Waals surface area contributed by atoms with Gasteiger partial charge in [0, 0.05) is 52.0 Å². The number of aryl methyl sites for hydroxylation is 4. The third-order valence-corrected chi connectivity index (χ3v) is 20.5. The van der Waals surface area contributed by atoms with E-state index in [1.54, 1.807) is 34.8 Å². The van der Waals surface area contributed by atoms with E-state index in [0.717, 1.165) is 55.4 Å². The van der Waals surface area contributed by atoms with Crippen molar-refractivity contribution in [1.82, 2.24) is 17.5 Å². The van der Waals surface area contributed by atoms with E-state index in [4.69, 9.17) is 13.1 Å². The van der Waals surface area contributed by atoms with Gasteiger partial charge in [0.1, 0.15) is 57.5 Å². The van der Waals surface area contributed by atoms with Crippen molar-refractivity contribution in [3.63, 3.8) is 0 Å². The Bertz CT molecular complexity index is 4680. The third kappa shape index (κ3) is 7.09. The maximum absolute atomic E-state index is 9.70. The first-order chi connectivity index (χ1) is 38.6. The van der Waals surface area contributed by atoms with Crippen LogP contribution in [0.2, 0.25) is 0 Å². The number of aromatic nitrogens is 4.